The van der Waals surface area contributed by atoms with Crippen LogP contribution in [-0.2, 0) is 22.4 Å². The van der Waals surface area contributed by atoms with Gasteiger partial charge in [-0.05, 0) is 104 Å². The molecule has 256 valence electrons. The van der Waals surface area contributed by atoms with Crippen molar-refractivity contribution in [3.8, 4) is 17.2 Å². The number of unbranched alkanes of at least 4 members (excludes halogenated alkanes) is 4. The molecular weight excluding hydrogens is 620 g/mol. The van der Waals surface area contributed by atoms with Crippen molar-refractivity contribution in [2.45, 2.75) is 64.8 Å². The van der Waals surface area contributed by atoms with Gasteiger partial charge in [0.15, 0.2) is 5.78 Å². The lowest BCUT2D eigenvalue weighted by molar-refractivity contribution is -0.119. The number of carbonyl (C=O) groups excluding carboxylic acids is 4. The summed E-state index contributed by atoms with van der Waals surface area (Å²) in [5.74, 6) is 0.499. The summed E-state index contributed by atoms with van der Waals surface area (Å²) in [6.45, 7) is 4.26. The standard InChI is InChI=1S/C40H44N2O7/c1-4-5-6-7-8-25-48-35-23-15-32(16-24-35)40(46)49-36-21-11-29(12-22-36)26-37(28(2)43)42-39(45)31-13-17-33(18-14-31)41-38(44)27-30-9-19-34(47-3)20-10-30/h9-24,37H,4-8,25-27H2,1-3H3,(H,41,44)(H,42,45)/t37-/m1/s1. The van der Waals surface area contributed by atoms with Gasteiger partial charge in [-0.3, -0.25) is 14.4 Å². The molecule has 0 bridgehead atoms. The predicted octanol–water partition coefficient (Wildman–Crippen LogP) is 7.37. The largest absolute Gasteiger partial charge is 0.497 e. The van der Waals surface area contributed by atoms with E-state index in [4.69, 9.17) is 14.2 Å². The van der Waals surface area contributed by atoms with E-state index in [0.717, 1.165) is 24.0 Å². The van der Waals surface area contributed by atoms with Crippen LogP contribution in [-0.4, -0.2) is 43.3 Å². The summed E-state index contributed by atoms with van der Waals surface area (Å²) in [5, 5.41) is 5.62. The zero-order valence-corrected chi connectivity index (χ0v) is 28.3. The van der Waals surface area contributed by atoms with Gasteiger partial charge in [-0.15, -0.1) is 0 Å². The molecule has 2 N–H and O–H groups in total. The molecule has 0 aliphatic heterocycles. The average Bonchev–Trinajstić information content (AvgIpc) is 3.11. The van der Waals surface area contributed by atoms with Crippen LogP contribution in [0.3, 0.4) is 0 Å². The van der Waals surface area contributed by atoms with Gasteiger partial charge in [0.2, 0.25) is 5.91 Å². The number of methoxy groups -OCH3 is 1. The number of Topliss-reactive ketones (excluding diaryl/α,β-unsaturated/α-hetero) is 1. The van der Waals surface area contributed by atoms with E-state index in [0.29, 0.717) is 40.7 Å². The predicted molar refractivity (Wildman–Crippen MR) is 190 cm³/mol. The maximum atomic E-state index is 13.0. The summed E-state index contributed by atoms with van der Waals surface area (Å²) < 4.78 is 16.4. The van der Waals surface area contributed by atoms with Gasteiger partial charge in [-0.1, -0.05) is 56.9 Å². The van der Waals surface area contributed by atoms with Crippen molar-refractivity contribution in [1.82, 2.24) is 5.32 Å². The molecule has 0 spiro atoms. The molecule has 4 rings (SSSR count). The van der Waals surface area contributed by atoms with E-state index in [1.807, 2.05) is 12.1 Å². The van der Waals surface area contributed by atoms with Crippen molar-refractivity contribution in [2.75, 3.05) is 19.0 Å². The lowest BCUT2D eigenvalue weighted by atomic mass is 10.0. The van der Waals surface area contributed by atoms with E-state index in [-0.39, 0.29) is 24.5 Å². The van der Waals surface area contributed by atoms with Crippen LogP contribution < -0.4 is 24.8 Å². The lowest BCUT2D eigenvalue weighted by Crippen LogP contribution is -2.41. The Bertz CT molecular complexity index is 1670. The summed E-state index contributed by atoms with van der Waals surface area (Å²) >= 11 is 0. The molecule has 0 heterocycles. The third kappa shape index (κ3) is 11.9. The lowest BCUT2D eigenvalue weighted by Gasteiger charge is -2.17. The van der Waals surface area contributed by atoms with Gasteiger partial charge in [-0.25, -0.2) is 4.79 Å². The van der Waals surface area contributed by atoms with Crippen molar-refractivity contribution in [2.24, 2.45) is 0 Å². The van der Waals surface area contributed by atoms with Crippen molar-refractivity contribution >= 4 is 29.3 Å². The summed E-state index contributed by atoms with van der Waals surface area (Å²) in [6.07, 6.45) is 6.26. The Labute approximate surface area is 288 Å². The van der Waals surface area contributed by atoms with Crippen LogP contribution in [0, 0.1) is 0 Å². The van der Waals surface area contributed by atoms with Crippen molar-refractivity contribution < 1.29 is 33.4 Å². The number of nitrogens with one attached hydrogen (secondary N) is 2. The Morgan fingerprint density at radius 3 is 1.90 bits per heavy atom. The van der Waals surface area contributed by atoms with Crippen LogP contribution in [0.25, 0.3) is 0 Å². The minimum Gasteiger partial charge on any atom is -0.497 e. The minimum atomic E-state index is -0.762. The maximum Gasteiger partial charge on any atom is 0.343 e. The first kappa shape index (κ1) is 36.4. The van der Waals surface area contributed by atoms with Crippen LogP contribution in [0.1, 0.15) is 77.8 Å². The number of ether oxygens (including phenoxy) is 3. The fourth-order valence-electron chi connectivity index (χ4n) is 5.05. The van der Waals surface area contributed by atoms with Gasteiger partial charge in [0.05, 0.1) is 31.7 Å². The maximum absolute atomic E-state index is 13.0. The van der Waals surface area contributed by atoms with Crippen LogP contribution in [0.4, 0.5) is 5.69 Å². The van der Waals surface area contributed by atoms with E-state index in [9.17, 15) is 19.2 Å². The molecule has 0 saturated heterocycles. The Kier molecular flexibility index (Phi) is 14.0. The minimum absolute atomic E-state index is 0.192. The van der Waals surface area contributed by atoms with Crippen LogP contribution >= 0.6 is 0 Å². The Hall–Kier alpha value is -5.44. The molecule has 0 unspecified atom stereocenters. The number of esters is 1. The normalized spacial score (nSPS) is 11.2. The summed E-state index contributed by atoms with van der Waals surface area (Å²) in [6, 6.07) is 26.7. The van der Waals surface area contributed by atoms with Gasteiger partial charge in [0.25, 0.3) is 5.91 Å². The number of anilines is 1. The van der Waals surface area contributed by atoms with Crippen LogP contribution in [0.2, 0.25) is 0 Å². The zero-order valence-electron chi connectivity index (χ0n) is 28.3. The van der Waals surface area contributed by atoms with Crippen LogP contribution in [0.15, 0.2) is 97.1 Å². The second-order valence-corrected chi connectivity index (χ2v) is 11.8. The number of rotatable bonds is 18. The Morgan fingerprint density at radius 1 is 0.673 bits per heavy atom. The first-order valence-electron chi connectivity index (χ1n) is 16.6. The molecule has 4 aromatic carbocycles. The molecule has 0 radical (unpaired) electrons. The average molecular weight is 665 g/mol. The SMILES string of the molecule is CCCCCCCOc1ccc(C(=O)Oc2ccc(C[C@@H](NC(=O)c3ccc(NC(=O)Cc4ccc(OC)cc4)cc3)C(C)=O)cc2)cc1. The first-order chi connectivity index (χ1) is 23.7. The molecule has 4 aromatic rings. The number of carbonyl (C=O) groups is 4. The quantitative estimate of drug-likeness (QED) is 0.0647. The topological polar surface area (TPSA) is 120 Å². The van der Waals surface area contributed by atoms with Crippen molar-refractivity contribution in [1.29, 1.82) is 0 Å². The molecule has 2 amide bonds. The molecule has 9 nitrogen and oxygen atoms in total. The number of amides is 2. The molecule has 49 heavy (non-hydrogen) atoms. The van der Waals surface area contributed by atoms with Crippen molar-refractivity contribution in [3.05, 3.63) is 119 Å². The third-order valence-corrected chi connectivity index (χ3v) is 7.93. The zero-order chi connectivity index (χ0) is 35.0. The molecule has 0 saturated carbocycles. The monoisotopic (exact) mass is 664 g/mol. The molecule has 9 heteroatoms. The van der Waals surface area contributed by atoms with Crippen LogP contribution in [0.5, 0.6) is 17.2 Å². The van der Waals surface area contributed by atoms with Gasteiger partial charge in [0, 0.05) is 11.3 Å². The summed E-state index contributed by atoms with van der Waals surface area (Å²) in [7, 11) is 1.58. The van der Waals surface area contributed by atoms with Gasteiger partial charge >= 0.3 is 5.97 Å². The molecule has 1 atom stereocenters. The molecule has 0 aliphatic rings. The highest BCUT2D eigenvalue weighted by atomic mass is 16.5. The Balaban J connectivity index is 1.24. The highest BCUT2D eigenvalue weighted by Gasteiger charge is 2.19. The van der Waals surface area contributed by atoms with E-state index >= 15 is 0 Å². The van der Waals surface area contributed by atoms with E-state index in [2.05, 4.69) is 17.6 Å². The molecular formula is C40H44N2O7. The third-order valence-electron chi connectivity index (χ3n) is 7.93. The smallest absolute Gasteiger partial charge is 0.343 e. The second-order valence-electron chi connectivity index (χ2n) is 11.8. The first-order valence-corrected chi connectivity index (χ1v) is 16.6. The second kappa shape index (κ2) is 18.8. The van der Waals surface area contributed by atoms with Gasteiger partial charge in [0.1, 0.15) is 17.2 Å². The van der Waals surface area contributed by atoms with Gasteiger partial charge < -0.3 is 24.8 Å². The molecule has 0 aromatic heterocycles. The Morgan fingerprint density at radius 2 is 1.27 bits per heavy atom. The molecule has 0 fully saturated rings. The fourth-order valence-corrected chi connectivity index (χ4v) is 5.05. The number of hydrogen-bond donors (Lipinski definition) is 2. The van der Waals surface area contributed by atoms with Crippen molar-refractivity contribution in [3.63, 3.8) is 0 Å². The van der Waals surface area contributed by atoms with E-state index in [1.165, 1.54) is 26.2 Å². The van der Waals surface area contributed by atoms with E-state index < -0.39 is 17.9 Å². The molecule has 0 aliphatic carbocycles. The highest BCUT2D eigenvalue weighted by molar-refractivity contribution is 5.98. The van der Waals surface area contributed by atoms with Gasteiger partial charge in [-0.2, -0.15) is 0 Å². The number of hydrogen-bond acceptors (Lipinski definition) is 7. The highest BCUT2D eigenvalue weighted by Crippen LogP contribution is 2.19. The van der Waals surface area contributed by atoms with E-state index in [1.54, 1.807) is 92.0 Å². The summed E-state index contributed by atoms with van der Waals surface area (Å²) in [5.41, 5.74) is 2.93. The number of ketones is 1. The fraction of sp³-hybridized carbons (Fsp3) is 0.300. The summed E-state index contributed by atoms with van der Waals surface area (Å²) in [4.78, 5) is 50.6. The number of benzene rings is 4.